The molecule has 0 bridgehead atoms. The Kier molecular flexibility index (Phi) is 5.67. The fourth-order valence-corrected chi connectivity index (χ4v) is 5.15. The normalized spacial score (nSPS) is 14.5. The lowest BCUT2D eigenvalue weighted by atomic mass is 10.2. The predicted molar refractivity (Wildman–Crippen MR) is 102 cm³/mol. The highest BCUT2D eigenvalue weighted by molar-refractivity contribution is 7.89. The molecule has 2 aromatic rings. The molecule has 1 aliphatic carbocycles. The van der Waals surface area contributed by atoms with Crippen molar-refractivity contribution < 1.29 is 17.9 Å². The third-order valence-corrected chi connectivity index (χ3v) is 6.52. The van der Waals surface area contributed by atoms with Crippen molar-refractivity contribution >= 4 is 33.2 Å². The van der Waals surface area contributed by atoms with Crippen LogP contribution in [0.5, 0.6) is 11.5 Å². The van der Waals surface area contributed by atoms with Crippen LogP contribution in [0.25, 0.3) is 0 Å². The Balaban J connectivity index is 2.00. The van der Waals surface area contributed by atoms with Crippen LogP contribution in [0.1, 0.15) is 18.4 Å². The van der Waals surface area contributed by atoms with Gasteiger partial charge in [-0.15, -0.1) is 0 Å². The van der Waals surface area contributed by atoms with E-state index in [1.807, 2.05) is 0 Å². The van der Waals surface area contributed by atoms with Gasteiger partial charge < -0.3 is 9.47 Å². The molecular formula is C18H19Cl2NO4S. The van der Waals surface area contributed by atoms with Gasteiger partial charge in [0.2, 0.25) is 10.0 Å². The maximum atomic E-state index is 13.2. The van der Waals surface area contributed by atoms with Crippen molar-refractivity contribution in [2.45, 2.75) is 30.3 Å². The fourth-order valence-electron chi connectivity index (χ4n) is 2.76. The lowest BCUT2D eigenvalue weighted by molar-refractivity contribution is 0.369. The molecule has 0 amide bonds. The molecule has 0 unspecified atom stereocenters. The van der Waals surface area contributed by atoms with Crippen LogP contribution in [0.3, 0.4) is 0 Å². The summed E-state index contributed by atoms with van der Waals surface area (Å²) in [5.41, 5.74) is 0.732. The average Bonchev–Trinajstić information content (AvgIpc) is 3.43. The van der Waals surface area contributed by atoms with E-state index in [1.165, 1.54) is 22.5 Å². The first kappa shape index (κ1) is 19.3. The number of hydrogen-bond acceptors (Lipinski definition) is 4. The molecular weight excluding hydrogens is 397 g/mol. The van der Waals surface area contributed by atoms with Gasteiger partial charge in [0.15, 0.2) is 0 Å². The van der Waals surface area contributed by atoms with Crippen LogP contribution in [-0.4, -0.2) is 33.0 Å². The van der Waals surface area contributed by atoms with Crippen LogP contribution in [0.15, 0.2) is 41.3 Å². The summed E-state index contributed by atoms with van der Waals surface area (Å²) in [6.45, 7) is 0.178. The molecule has 0 saturated heterocycles. The minimum atomic E-state index is -3.76. The van der Waals surface area contributed by atoms with Crippen LogP contribution < -0.4 is 9.47 Å². The first-order chi connectivity index (χ1) is 12.3. The van der Waals surface area contributed by atoms with E-state index in [4.69, 9.17) is 32.7 Å². The van der Waals surface area contributed by atoms with Crippen LogP contribution in [-0.2, 0) is 16.6 Å². The first-order valence-corrected chi connectivity index (χ1v) is 10.2. The lowest BCUT2D eigenvalue weighted by Crippen LogP contribution is -2.32. The molecule has 3 rings (SSSR count). The van der Waals surface area contributed by atoms with Crippen LogP contribution in [0.4, 0.5) is 0 Å². The van der Waals surface area contributed by atoms with Crippen LogP contribution >= 0.6 is 23.2 Å². The van der Waals surface area contributed by atoms with Crippen molar-refractivity contribution in [3.8, 4) is 11.5 Å². The van der Waals surface area contributed by atoms with E-state index >= 15 is 0 Å². The molecule has 0 aromatic heterocycles. The van der Waals surface area contributed by atoms with Crippen molar-refractivity contribution in [2.75, 3.05) is 14.2 Å². The predicted octanol–water partition coefficient (Wildman–Crippen LogP) is 4.36. The van der Waals surface area contributed by atoms with Gasteiger partial charge in [0.25, 0.3) is 0 Å². The van der Waals surface area contributed by atoms with Crippen LogP contribution in [0.2, 0.25) is 10.0 Å². The Bertz CT molecular complexity index is 893. The summed E-state index contributed by atoms with van der Waals surface area (Å²) in [7, 11) is -0.639. The molecule has 0 radical (unpaired) electrons. The summed E-state index contributed by atoms with van der Waals surface area (Å²) in [5.74, 6) is 1.25. The number of benzene rings is 2. The zero-order valence-corrected chi connectivity index (χ0v) is 16.7. The van der Waals surface area contributed by atoms with E-state index < -0.39 is 10.0 Å². The first-order valence-electron chi connectivity index (χ1n) is 8.04. The molecule has 0 heterocycles. The summed E-state index contributed by atoms with van der Waals surface area (Å²) >= 11 is 12.0. The summed E-state index contributed by atoms with van der Waals surface area (Å²) in [6.07, 6.45) is 1.64. The molecule has 8 heteroatoms. The summed E-state index contributed by atoms with van der Waals surface area (Å²) in [6, 6.07) is 9.62. The smallest absolute Gasteiger partial charge is 0.243 e. The van der Waals surface area contributed by atoms with Crippen molar-refractivity contribution in [3.63, 3.8) is 0 Å². The molecule has 1 fully saturated rings. The van der Waals surface area contributed by atoms with E-state index in [0.717, 1.165) is 18.4 Å². The highest BCUT2D eigenvalue weighted by Crippen LogP contribution is 2.37. The second-order valence-corrected chi connectivity index (χ2v) is 8.83. The van der Waals surface area contributed by atoms with Gasteiger partial charge in [0.05, 0.1) is 19.1 Å². The van der Waals surface area contributed by atoms with Crippen molar-refractivity contribution in [2.24, 2.45) is 0 Å². The number of halogens is 2. The minimum Gasteiger partial charge on any atom is -0.497 e. The van der Waals surface area contributed by atoms with Crippen molar-refractivity contribution in [1.29, 1.82) is 0 Å². The molecule has 0 N–H and O–H groups in total. The molecule has 0 atom stereocenters. The van der Waals surface area contributed by atoms with Gasteiger partial charge in [-0.2, -0.15) is 4.31 Å². The van der Waals surface area contributed by atoms with E-state index in [2.05, 4.69) is 0 Å². The SMILES string of the molecule is COc1ccc(OC)c(CN(C2CC2)S(=O)(=O)c2cc(Cl)cc(Cl)c2)c1. The molecule has 140 valence electrons. The molecule has 1 saturated carbocycles. The third kappa shape index (κ3) is 4.09. The number of nitrogens with zero attached hydrogens (tertiary/aromatic N) is 1. The molecule has 0 spiro atoms. The number of ether oxygens (including phenoxy) is 2. The zero-order valence-electron chi connectivity index (χ0n) is 14.4. The number of methoxy groups -OCH3 is 2. The molecule has 1 aliphatic rings. The highest BCUT2D eigenvalue weighted by Gasteiger charge is 2.38. The van der Waals surface area contributed by atoms with Crippen LogP contribution in [0, 0.1) is 0 Å². The Hall–Kier alpha value is -1.47. The largest absolute Gasteiger partial charge is 0.497 e. The van der Waals surface area contributed by atoms with Crippen molar-refractivity contribution in [1.82, 2.24) is 4.31 Å². The third-order valence-electron chi connectivity index (χ3n) is 4.21. The number of sulfonamides is 1. The Morgan fingerprint density at radius 1 is 1.04 bits per heavy atom. The number of rotatable bonds is 7. The topological polar surface area (TPSA) is 55.8 Å². The maximum Gasteiger partial charge on any atom is 0.243 e. The standard InChI is InChI=1S/C18H19Cl2NO4S/c1-24-16-5-6-18(25-2)12(7-16)11-21(15-3-4-15)26(22,23)17-9-13(19)8-14(20)10-17/h5-10,15H,3-4,11H2,1-2H3. The summed E-state index contributed by atoms with van der Waals surface area (Å²) < 4.78 is 38.5. The molecule has 26 heavy (non-hydrogen) atoms. The fraction of sp³-hybridized carbons (Fsp3) is 0.333. The monoisotopic (exact) mass is 415 g/mol. The Labute approximate surface area is 163 Å². The average molecular weight is 416 g/mol. The van der Waals surface area contributed by atoms with Gasteiger partial charge in [-0.1, -0.05) is 23.2 Å². The molecule has 5 nitrogen and oxygen atoms in total. The van der Waals surface area contributed by atoms with Gasteiger partial charge in [0.1, 0.15) is 11.5 Å². The van der Waals surface area contributed by atoms with Gasteiger partial charge in [0, 0.05) is 28.2 Å². The van der Waals surface area contributed by atoms with E-state index in [9.17, 15) is 8.42 Å². The summed E-state index contributed by atoms with van der Waals surface area (Å²) in [4.78, 5) is 0.0868. The van der Waals surface area contributed by atoms with E-state index in [1.54, 1.807) is 32.4 Å². The Morgan fingerprint density at radius 3 is 2.23 bits per heavy atom. The lowest BCUT2D eigenvalue weighted by Gasteiger charge is -2.23. The summed E-state index contributed by atoms with van der Waals surface area (Å²) in [5, 5.41) is 0.566. The maximum absolute atomic E-state index is 13.2. The van der Waals surface area contributed by atoms with E-state index in [0.29, 0.717) is 11.5 Å². The molecule has 0 aliphatic heterocycles. The van der Waals surface area contributed by atoms with E-state index in [-0.39, 0.29) is 27.5 Å². The van der Waals surface area contributed by atoms with Gasteiger partial charge in [-0.3, -0.25) is 0 Å². The Morgan fingerprint density at radius 2 is 1.69 bits per heavy atom. The highest BCUT2D eigenvalue weighted by atomic mass is 35.5. The van der Waals surface area contributed by atoms with Gasteiger partial charge in [-0.05, 0) is 49.2 Å². The second-order valence-electron chi connectivity index (χ2n) is 6.06. The zero-order chi connectivity index (χ0) is 18.9. The van der Waals surface area contributed by atoms with Crippen molar-refractivity contribution in [3.05, 3.63) is 52.0 Å². The molecule has 2 aromatic carbocycles. The van der Waals surface area contributed by atoms with Gasteiger partial charge >= 0.3 is 0 Å². The minimum absolute atomic E-state index is 0.0475. The second kappa shape index (κ2) is 7.64. The number of hydrogen-bond donors (Lipinski definition) is 0. The van der Waals surface area contributed by atoms with Gasteiger partial charge in [-0.25, -0.2) is 8.42 Å². The quantitative estimate of drug-likeness (QED) is 0.673.